The van der Waals surface area contributed by atoms with E-state index < -0.39 is 5.60 Å². The van der Waals surface area contributed by atoms with Crippen LogP contribution in [0.2, 0.25) is 0 Å². The van der Waals surface area contributed by atoms with Crippen molar-refractivity contribution >= 4 is 6.09 Å². The zero-order valence-corrected chi connectivity index (χ0v) is 14.8. The second kappa shape index (κ2) is 10.1. The van der Waals surface area contributed by atoms with E-state index in [2.05, 4.69) is 5.32 Å². The van der Waals surface area contributed by atoms with Crippen LogP contribution < -0.4 is 5.32 Å². The van der Waals surface area contributed by atoms with E-state index in [1.54, 1.807) is 7.11 Å². The van der Waals surface area contributed by atoms with Crippen molar-refractivity contribution in [2.24, 2.45) is 5.92 Å². The minimum atomic E-state index is -0.404. The molecule has 5 nitrogen and oxygen atoms in total. The van der Waals surface area contributed by atoms with Crippen LogP contribution in [0.4, 0.5) is 4.79 Å². The summed E-state index contributed by atoms with van der Waals surface area (Å²) in [6.07, 6.45) is 5.54. The lowest BCUT2D eigenvalue weighted by atomic mass is 9.97. The molecule has 0 unspecified atom stereocenters. The van der Waals surface area contributed by atoms with Crippen molar-refractivity contribution in [1.29, 1.82) is 0 Å². The highest BCUT2D eigenvalue weighted by molar-refractivity contribution is 5.68. The first-order chi connectivity index (χ1) is 10.4. The first kappa shape index (κ1) is 19.2. The Balaban J connectivity index is 2.06. The number of piperidine rings is 1. The van der Waals surface area contributed by atoms with Crippen LogP contribution in [0.15, 0.2) is 0 Å². The molecule has 1 saturated heterocycles. The number of carbonyl (C=O) groups is 1. The van der Waals surface area contributed by atoms with Crippen molar-refractivity contribution in [2.75, 3.05) is 39.9 Å². The SMILES string of the molecule is COCCCCCNCC1CCN(C(=O)OC(C)(C)C)CC1. The Kier molecular flexibility index (Phi) is 8.79. The molecule has 22 heavy (non-hydrogen) atoms. The minimum Gasteiger partial charge on any atom is -0.444 e. The Morgan fingerprint density at radius 3 is 2.45 bits per heavy atom. The monoisotopic (exact) mass is 314 g/mol. The lowest BCUT2D eigenvalue weighted by Crippen LogP contribution is -2.43. The molecule has 0 aromatic carbocycles. The van der Waals surface area contributed by atoms with E-state index in [0.717, 1.165) is 52.0 Å². The molecule has 0 atom stereocenters. The predicted octanol–water partition coefficient (Wildman–Crippen LogP) is 3.04. The number of methoxy groups -OCH3 is 1. The van der Waals surface area contributed by atoms with Gasteiger partial charge in [0.15, 0.2) is 0 Å². The summed E-state index contributed by atoms with van der Waals surface area (Å²) in [4.78, 5) is 13.8. The highest BCUT2D eigenvalue weighted by Gasteiger charge is 2.26. The van der Waals surface area contributed by atoms with Gasteiger partial charge in [-0.3, -0.25) is 0 Å². The van der Waals surface area contributed by atoms with E-state index in [4.69, 9.17) is 9.47 Å². The van der Waals surface area contributed by atoms with Crippen molar-refractivity contribution < 1.29 is 14.3 Å². The van der Waals surface area contributed by atoms with E-state index in [1.807, 2.05) is 25.7 Å². The van der Waals surface area contributed by atoms with Gasteiger partial charge in [-0.25, -0.2) is 4.79 Å². The van der Waals surface area contributed by atoms with E-state index in [0.29, 0.717) is 5.92 Å². The Labute approximate surface area is 135 Å². The Bertz CT molecular complexity index is 308. The fourth-order valence-electron chi connectivity index (χ4n) is 2.63. The average Bonchev–Trinajstić information content (AvgIpc) is 2.45. The number of hydrogen-bond donors (Lipinski definition) is 1. The van der Waals surface area contributed by atoms with Crippen LogP contribution in [0.25, 0.3) is 0 Å². The smallest absolute Gasteiger partial charge is 0.410 e. The van der Waals surface area contributed by atoms with Gasteiger partial charge in [0.1, 0.15) is 5.60 Å². The summed E-state index contributed by atoms with van der Waals surface area (Å²) in [6.45, 7) is 10.4. The first-order valence-corrected chi connectivity index (χ1v) is 8.60. The highest BCUT2D eigenvalue weighted by Crippen LogP contribution is 2.19. The number of hydrogen-bond acceptors (Lipinski definition) is 4. The molecular weight excluding hydrogens is 280 g/mol. The lowest BCUT2D eigenvalue weighted by Gasteiger charge is -2.33. The Hall–Kier alpha value is -0.810. The van der Waals surface area contributed by atoms with Crippen molar-refractivity contribution in [3.63, 3.8) is 0 Å². The quantitative estimate of drug-likeness (QED) is 0.700. The molecule has 0 radical (unpaired) electrons. The summed E-state index contributed by atoms with van der Waals surface area (Å²) >= 11 is 0. The molecule has 1 fully saturated rings. The Morgan fingerprint density at radius 1 is 1.18 bits per heavy atom. The van der Waals surface area contributed by atoms with E-state index in [1.165, 1.54) is 12.8 Å². The Morgan fingerprint density at radius 2 is 1.86 bits per heavy atom. The van der Waals surface area contributed by atoms with Crippen molar-refractivity contribution in [3.05, 3.63) is 0 Å². The van der Waals surface area contributed by atoms with E-state index in [9.17, 15) is 4.79 Å². The van der Waals surface area contributed by atoms with Gasteiger partial charge >= 0.3 is 6.09 Å². The standard InChI is InChI=1S/C17H34N2O3/c1-17(2,3)22-16(20)19-11-8-15(9-12-19)14-18-10-6-5-7-13-21-4/h15,18H,5-14H2,1-4H3. The van der Waals surface area contributed by atoms with Gasteiger partial charge in [0.25, 0.3) is 0 Å². The molecule has 0 bridgehead atoms. The van der Waals surface area contributed by atoms with Gasteiger partial charge in [-0.2, -0.15) is 0 Å². The number of amides is 1. The third-order valence-corrected chi connectivity index (χ3v) is 3.90. The van der Waals surface area contributed by atoms with Gasteiger partial charge in [-0.1, -0.05) is 0 Å². The summed E-state index contributed by atoms with van der Waals surface area (Å²) in [7, 11) is 1.75. The average molecular weight is 314 g/mol. The number of nitrogens with zero attached hydrogens (tertiary/aromatic N) is 1. The molecule has 0 aliphatic carbocycles. The molecule has 1 aliphatic rings. The van der Waals surface area contributed by atoms with Crippen LogP contribution in [0.1, 0.15) is 52.9 Å². The van der Waals surface area contributed by atoms with Crippen LogP contribution in [-0.2, 0) is 9.47 Å². The molecular formula is C17H34N2O3. The molecule has 1 rings (SSSR count). The number of ether oxygens (including phenoxy) is 2. The van der Waals surface area contributed by atoms with Crippen LogP contribution in [0.5, 0.6) is 0 Å². The van der Waals surface area contributed by atoms with Crippen LogP contribution in [0, 0.1) is 5.92 Å². The maximum absolute atomic E-state index is 12.0. The fourth-order valence-corrected chi connectivity index (χ4v) is 2.63. The minimum absolute atomic E-state index is 0.169. The third-order valence-electron chi connectivity index (χ3n) is 3.90. The largest absolute Gasteiger partial charge is 0.444 e. The summed E-state index contributed by atoms with van der Waals surface area (Å²) < 4.78 is 10.5. The number of carbonyl (C=O) groups excluding carboxylic acids is 1. The van der Waals surface area contributed by atoms with Gasteiger partial charge in [0.05, 0.1) is 0 Å². The van der Waals surface area contributed by atoms with Gasteiger partial charge < -0.3 is 19.7 Å². The predicted molar refractivity (Wildman–Crippen MR) is 89.1 cm³/mol. The maximum atomic E-state index is 12.0. The molecule has 1 N–H and O–H groups in total. The number of nitrogens with one attached hydrogen (secondary N) is 1. The van der Waals surface area contributed by atoms with E-state index in [-0.39, 0.29) is 6.09 Å². The highest BCUT2D eigenvalue weighted by atomic mass is 16.6. The molecule has 130 valence electrons. The number of likely N-dealkylation sites (tertiary alicyclic amines) is 1. The van der Waals surface area contributed by atoms with Crippen LogP contribution in [0.3, 0.4) is 0 Å². The molecule has 1 amide bonds. The van der Waals surface area contributed by atoms with Crippen molar-refractivity contribution in [3.8, 4) is 0 Å². The molecule has 1 heterocycles. The maximum Gasteiger partial charge on any atom is 0.410 e. The lowest BCUT2D eigenvalue weighted by molar-refractivity contribution is 0.0184. The molecule has 0 spiro atoms. The van der Waals surface area contributed by atoms with E-state index >= 15 is 0 Å². The normalized spacial score (nSPS) is 16.8. The summed E-state index contributed by atoms with van der Waals surface area (Å²) in [5, 5.41) is 3.54. The van der Waals surface area contributed by atoms with Crippen molar-refractivity contribution in [2.45, 2.75) is 58.5 Å². The topological polar surface area (TPSA) is 50.8 Å². The summed E-state index contributed by atoms with van der Waals surface area (Å²) in [6, 6.07) is 0. The molecule has 0 aromatic rings. The van der Waals surface area contributed by atoms with Crippen LogP contribution in [-0.4, -0.2) is 56.5 Å². The molecule has 0 aromatic heterocycles. The van der Waals surface area contributed by atoms with Gasteiger partial charge in [0.2, 0.25) is 0 Å². The number of unbranched alkanes of at least 4 members (excludes halogenated alkanes) is 2. The number of rotatable bonds is 8. The second-order valence-electron chi connectivity index (χ2n) is 7.17. The fraction of sp³-hybridized carbons (Fsp3) is 0.941. The molecule has 1 aliphatic heterocycles. The van der Waals surface area contributed by atoms with Crippen molar-refractivity contribution in [1.82, 2.24) is 10.2 Å². The van der Waals surface area contributed by atoms with Gasteiger partial charge in [0, 0.05) is 26.8 Å². The van der Waals surface area contributed by atoms with Gasteiger partial charge in [-0.15, -0.1) is 0 Å². The zero-order chi connectivity index (χ0) is 16.4. The second-order valence-corrected chi connectivity index (χ2v) is 7.17. The first-order valence-electron chi connectivity index (χ1n) is 8.60. The summed E-state index contributed by atoms with van der Waals surface area (Å²) in [5.74, 6) is 0.678. The third kappa shape index (κ3) is 8.59. The van der Waals surface area contributed by atoms with Gasteiger partial charge in [-0.05, 0) is 71.9 Å². The molecule has 5 heteroatoms. The summed E-state index contributed by atoms with van der Waals surface area (Å²) in [5.41, 5.74) is -0.404. The molecule has 0 saturated carbocycles. The van der Waals surface area contributed by atoms with Crippen LogP contribution >= 0.6 is 0 Å². The zero-order valence-electron chi connectivity index (χ0n) is 14.8.